The second-order valence-corrected chi connectivity index (χ2v) is 8.81. The molecule has 2 aliphatic rings. The lowest BCUT2D eigenvalue weighted by Crippen LogP contribution is -2.48. The normalized spacial score (nSPS) is 20.8. The van der Waals surface area contributed by atoms with Crippen LogP contribution in [0.5, 0.6) is 0 Å². The maximum absolute atomic E-state index is 14.8. The van der Waals surface area contributed by atoms with Crippen molar-refractivity contribution in [3.05, 3.63) is 46.9 Å². The molecule has 3 heterocycles. The van der Waals surface area contributed by atoms with Crippen molar-refractivity contribution in [3.63, 3.8) is 0 Å². The van der Waals surface area contributed by atoms with Gasteiger partial charge < -0.3 is 14.5 Å². The first-order valence-electron chi connectivity index (χ1n) is 10.6. The Morgan fingerprint density at radius 2 is 1.97 bits per heavy atom. The molecular formula is C22H28ClF3N4S. The van der Waals surface area contributed by atoms with Crippen LogP contribution >= 0.6 is 23.5 Å². The number of benzene rings is 1. The molecule has 1 aromatic carbocycles. The summed E-state index contributed by atoms with van der Waals surface area (Å²) >= 11 is 6.94. The SMILES string of the molecule is CC.C[C@H]1CCN1CC1CCN(c2cc(F)c(SNc3cccc(F)n3)c(F)c2Cl)C1. The summed E-state index contributed by atoms with van der Waals surface area (Å²) in [5.74, 6) is -1.58. The summed E-state index contributed by atoms with van der Waals surface area (Å²) in [5, 5.41) is -0.0964. The number of hydrogen-bond donors (Lipinski definition) is 1. The zero-order valence-electron chi connectivity index (χ0n) is 18.0. The molecule has 31 heavy (non-hydrogen) atoms. The van der Waals surface area contributed by atoms with E-state index in [4.69, 9.17) is 11.6 Å². The zero-order valence-corrected chi connectivity index (χ0v) is 19.5. The number of rotatable bonds is 6. The lowest BCUT2D eigenvalue weighted by atomic mass is 10.0. The summed E-state index contributed by atoms with van der Waals surface area (Å²) in [7, 11) is 0. The molecule has 0 bridgehead atoms. The Morgan fingerprint density at radius 3 is 2.61 bits per heavy atom. The fourth-order valence-corrected chi connectivity index (χ4v) is 4.82. The van der Waals surface area contributed by atoms with E-state index in [1.165, 1.54) is 30.7 Å². The minimum absolute atomic E-state index is 0.0964. The highest BCUT2D eigenvalue weighted by atomic mass is 35.5. The van der Waals surface area contributed by atoms with Crippen LogP contribution in [0.4, 0.5) is 24.7 Å². The van der Waals surface area contributed by atoms with Gasteiger partial charge in [0, 0.05) is 31.7 Å². The van der Waals surface area contributed by atoms with Crippen molar-refractivity contribution in [2.75, 3.05) is 35.8 Å². The molecule has 2 saturated heterocycles. The average molecular weight is 473 g/mol. The maximum Gasteiger partial charge on any atom is 0.214 e. The minimum Gasteiger partial charge on any atom is -0.370 e. The van der Waals surface area contributed by atoms with Crippen molar-refractivity contribution in [1.29, 1.82) is 0 Å². The summed E-state index contributed by atoms with van der Waals surface area (Å²) in [6.07, 6.45) is 2.21. The highest BCUT2D eigenvalue weighted by molar-refractivity contribution is 8.00. The van der Waals surface area contributed by atoms with Crippen LogP contribution in [0.1, 0.15) is 33.6 Å². The fraction of sp³-hybridized carbons (Fsp3) is 0.500. The third kappa shape index (κ3) is 5.59. The molecule has 4 nitrogen and oxygen atoms in total. The van der Waals surface area contributed by atoms with Crippen LogP contribution in [-0.4, -0.2) is 42.1 Å². The van der Waals surface area contributed by atoms with E-state index >= 15 is 0 Å². The van der Waals surface area contributed by atoms with Gasteiger partial charge in [-0.2, -0.15) is 4.39 Å². The molecule has 9 heteroatoms. The highest BCUT2D eigenvalue weighted by Gasteiger charge is 2.31. The predicted molar refractivity (Wildman–Crippen MR) is 122 cm³/mol. The molecule has 2 atom stereocenters. The summed E-state index contributed by atoms with van der Waals surface area (Å²) in [4.78, 5) is 7.75. The molecule has 0 radical (unpaired) electrons. The first kappa shape index (κ1) is 24.0. The summed E-state index contributed by atoms with van der Waals surface area (Å²) in [6.45, 7) is 9.82. The highest BCUT2D eigenvalue weighted by Crippen LogP contribution is 2.39. The topological polar surface area (TPSA) is 31.4 Å². The Hall–Kier alpha value is -1.64. The predicted octanol–water partition coefficient (Wildman–Crippen LogP) is 6.22. The summed E-state index contributed by atoms with van der Waals surface area (Å²) in [5.41, 5.74) is 0.383. The van der Waals surface area contributed by atoms with Crippen LogP contribution in [0.25, 0.3) is 0 Å². The number of hydrogen-bond acceptors (Lipinski definition) is 5. The smallest absolute Gasteiger partial charge is 0.214 e. The third-order valence-electron chi connectivity index (χ3n) is 5.65. The van der Waals surface area contributed by atoms with Crippen molar-refractivity contribution < 1.29 is 13.2 Å². The van der Waals surface area contributed by atoms with Gasteiger partial charge in [0.2, 0.25) is 5.95 Å². The molecule has 0 spiro atoms. The van der Waals surface area contributed by atoms with Crippen LogP contribution in [-0.2, 0) is 0 Å². The van der Waals surface area contributed by atoms with Gasteiger partial charge in [0.25, 0.3) is 0 Å². The Kier molecular flexibility index (Phi) is 8.36. The van der Waals surface area contributed by atoms with Crippen LogP contribution < -0.4 is 9.62 Å². The molecule has 4 rings (SSSR count). The lowest BCUT2D eigenvalue weighted by Gasteiger charge is -2.40. The molecule has 0 saturated carbocycles. The standard InChI is InChI=1S/C20H22ClF3N4S.C2H6/c1-12-5-7-27(12)10-13-6-8-28(11-13)15-9-14(22)20(19(24)18(15)21)29-26-17-4-2-3-16(23)25-17;1-2/h2-4,9,12-13H,5-8,10-11H2,1H3,(H,25,26);1-2H3/t12-,13?;/m0./s1. The number of anilines is 2. The van der Waals surface area contributed by atoms with E-state index in [0.29, 0.717) is 29.6 Å². The zero-order chi connectivity index (χ0) is 22.5. The Labute approximate surface area is 191 Å². The Balaban J connectivity index is 0.00000132. The summed E-state index contributed by atoms with van der Waals surface area (Å²) in [6, 6.07) is 6.06. The first-order chi connectivity index (χ1) is 14.9. The minimum atomic E-state index is -0.824. The molecule has 2 aromatic rings. The van der Waals surface area contributed by atoms with E-state index < -0.39 is 17.6 Å². The van der Waals surface area contributed by atoms with Crippen LogP contribution in [0.3, 0.4) is 0 Å². The Bertz CT molecular complexity index is 901. The van der Waals surface area contributed by atoms with Crippen LogP contribution in [0.15, 0.2) is 29.2 Å². The van der Waals surface area contributed by atoms with Crippen molar-refractivity contribution in [2.24, 2.45) is 5.92 Å². The molecule has 1 N–H and O–H groups in total. The molecule has 0 aliphatic carbocycles. The van der Waals surface area contributed by atoms with Crippen molar-refractivity contribution >= 4 is 35.1 Å². The lowest BCUT2D eigenvalue weighted by molar-refractivity contribution is 0.0874. The van der Waals surface area contributed by atoms with Gasteiger partial charge in [0.05, 0.1) is 5.69 Å². The molecular weight excluding hydrogens is 445 g/mol. The molecule has 0 amide bonds. The van der Waals surface area contributed by atoms with Gasteiger partial charge in [-0.1, -0.05) is 31.5 Å². The number of pyridine rings is 1. The van der Waals surface area contributed by atoms with Crippen molar-refractivity contribution in [3.8, 4) is 0 Å². The second kappa shape index (κ2) is 10.8. The first-order valence-corrected chi connectivity index (χ1v) is 11.8. The monoisotopic (exact) mass is 472 g/mol. The van der Waals surface area contributed by atoms with Gasteiger partial charge in [-0.3, -0.25) is 0 Å². The third-order valence-corrected chi connectivity index (χ3v) is 6.90. The maximum atomic E-state index is 14.8. The van der Waals surface area contributed by atoms with E-state index in [1.54, 1.807) is 0 Å². The number of nitrogens with zero attached hydrogens (tertiary/aromatic N) is 3. The number of likely N-dealkylation sites (tertiary alicyclic amines) is 1. The van der Waals surface area contributed by atoms with Crippen LogP contribution in [0.2, 0.25) is 5.02 Å². The second-order valence-electron chi connectivity index (χ2n) is 7.62. The number of aromatic nitrogens is 1. The van der Waals surface area contributed by atoms with E-state index in [2.05, 4.69) is 21.5 Å². The molecule has 170 valence electrons. The molecule has 2 aliphatic heterocycles. The molecule has 1 aromatic heterocycles. The fourth-order valence-electron chi connectivity index (χ4n) is 3.83. The van der Waals surface area contributed by atoms with Gasteiger partial charge in [0.1, 0.15) is 21.6 Å². The van der Waals surface area contributed by atoms with Gasteiger partial charge >= 0.3 is 0 Å². The van der Waals surface area contributed by atoms with E-state index in [9.17, 15) is 13.2 Å². The average Bonchev–Trinajstić information content (AvgIpc) is 3.23. The summed E-state index contributed by atoms with van der Waals surface area (Å²) < 4.78 is 45.3. The van der Waals surface area contributed by atoms with E-state index in [0.717, 1.165) is 32.6 Å². The number of nitrogens with one attached hydrogen (secondary N) is 1. The molecule has 2 fully saturated rings. The number of halogens is 4. The largest absolute Gasteiger partial charge is 0.370 e. The van der Waals surface area contributed by atoms with Gasteiger partial charge in [-0.15, -0.1) is 0 Å². The van der Waals surface area contributed by atoms with Gasteiger partial charge in [0.15, 0.2) is 5.82 Å². The van der Waals surface area contributed by atoms with E-state index in [1.807, 2.05) is 18.7 Å². The quantitative estimate of drug-likeness (QED) is 0.306. The molecule has 1 unspecified atom stereocenters. The van der Waals surface area contributed by atoms with Crippen molar-refractivity contribution in [2.45, 2.75) is 44.6 Å². The van der Waals surface area contributed by atoms with Crippen LogP contribution in [0, 0.1) is 23.5 Å². The van der Waals surface area contributed by atoms with Gasteiger partial charge in [-0.25, -0.2) is 13.8 Å². The van der Waals surface area contributed by atoms with Crippen molar-refractivity contribution in [1.82, 2.24) is 9.88 Å². The van der Waals surface area contributed by atoms with E-state index in [-0.39, 0.29) is 15.7 Å². The van der Waals surface area contributed by atoms with Gasteiger partial charge in [-0.05, 0) is 56.3 Å². The Morgan fingerprint density at radius 1 is 1.19 bits per heavy atom.